The number of thiophene rings is 1. The van der Waals surface area contributed by atoms with Gasteiger partial charge in [0.05, 0.1) is 17.7 Å². The van der Waals surface area contributed by atoms with Gasteiger partial charge in [-0.1, -0.05) is 11.8 Å². The number of hydrogen-bond acceptors (Lipinski definition) is 7. The van der Waals surface area contributed by atoms with E-state index in [0.29, 0.717) is 5.82 Å². The van der Waals surface area contributed by atoms with Gasteiger partial charge in [-0.3, -0.25) is 4.57 Å². The number of nitrogens with two attached hydrogens (primary N) is 1. The highest BCUT2D eigenvalue weighted by molar-refractivity contribution is 7.99. The molecule has 0 aliphatic heterocycles. The first-order valence-electron chi connectivity index (χ1n) is 8.85. The second kappa shape index (κ2) is 7.44. The highest BCUT2D eigenvalue weighted by atomic mass is 32.2. The molecule has 0 saturated heterocycles. The van der Waals surface area contributed by atoms with Gasteiger partial charge in [0.2, 0.25) is 0 Å². The fourth-order valence-electron chi connectivity index (χ4n) is 3.01. The van der Waals surface area contributed by atoms with E-state index < -0.39 is 0 Å². The van der Waals surface area contributed by atoms with E-state index in [0.717, 1.165) is 32.6 Å². The van der Waals surface area contributed by atoms with E-state index in [1.807, 2.05) is 35.0 Å². The van der Waals surface area contributed by atoms with E-state index in [1.54, 1.807) is 36.4 Å². The topological polar surface area (TPSA) is 78.8 Å². The molecule has 1 atom stereocenters. The smallest absolute Gasteiger partial charge is 0.173 e. The summed E-state index contributed by atoms with van der Waals surface area (Å²) in [6.45, 7) is 6.23. The Bertz CT molecular complexity index is 1130. The van der Waals surface area contributed by atoms with E-state index in [4.69, 9.17) is 15.5 Å². The molecule has 6 nitrogen and oxygen atoms in total. The lowest BCUT2D eigenvalue weighted by Gasteiger charge is -2.13. The molecular formula is C20H21N5OS2. The summed E-state index contributed by atoms with van der Waals surface area (Å²) in [5.41, 5.74) is 8.43. The summed E-state index contributed by atoms with van der Waals surface area (Å²) in [5, 5.41) is 1.86. The Hall–Kier alpha value is -2.58. The van der Waals surface area contributed by atoms with Crippen LogP contribution in [0.4, 0.5) is 5.82 Å². The second-order valence-corrected chi connectivity index (χ2v) is 8.98. The van der Waals surface area contributed by atoms with E-state index >= 15 is 0 Å². The molecule has 8 heteroatoms. The van der Waals surface area contributed by atoms with Crippen LogP contribution in [0.25, 0.3) is 15.9 Å². The summed E-state index contributed by atoms with van der Waals surface area (Å²) in [4.78, 5) is 16.0. The molecular weight excluding hydrogens is 390 g/mol. The predicted molar refractivity (Wildman–Crippen MR) is 116 cm³/mol. The van der Waals surface area contributed by atoms with Crippen LogP contribution in [0.2, 0.25) is 0 Å². The molecule has 1 aromatic carbocycles. The van der Waals surface area contributed by atoms with Crippen molar-refractivity contribution in [1.82, 2.24) is 19.5 Å². The Morgan fingerprint density at radius 1 is 1.18 bits per heavy atom. The van der Waals surface area contributed by atoms with Crippen LogP contribution in [0.5, 0.6) is 5.75 Å². The van der Waals surface area contributed by atoms with Crippen molar-refractivity contribution in [2.24, 2.45) is 0 Å². The minimum Gasteiger partial charge on any atom is -0.497 e. The number of nitrogen functional groups attached to an aromatic ring is 1. The molecule has 0 spiro atoms. The van der Waals surface area contributed by atoms with Crippen molar-refractivity contribution in [1.29, 1.82) is 0 Å². The summed E-state index contributed by atoms with van der Waals surface area (Å²) in [6.07, 6.45) is 3.74. The highest BCUT2D eigenvalue weighted by Gasteiger charge is 2.19. The zero-order valence-corrected chi connectivity index (χ0v) is 17.8. The number of benzene rings is 1. The largest absolute Gasteiger partial charge is 0.497 e. The van der Waals surface area contributed by atoms with Gasteiger partial charge in [-0.2, -0.15) is 0 Å². The van der Waals surface area contributed by atoms with Crippen LogP contribution in [-0.2, 0) is 0 Å². The molecule has 0 aliphatic rings. The maximum absolute atomic E-state index is 6.24. The Morgan fingerprint density at radius 2 is 1.93 bits per heavy atom. The van der Waals surface area contributed by atoms with Gasteiger partial charge < -0.3 is 10.5 Å². The van der Waals surface area contributed by atoms with Crippen LogP contribution in [0.1, 0.15) is 28.4 Å². The fourth-order valence-corrected chi connectivity index (χ4v) is 4.98. The average molecular weight is 412 g/mol. The molecule has 2 N–H and O–H groups in total. The van der Waals surface area contributed by atoms with Crippen LogP contribution in [0, 0.1) is 13.8 Å². The standard InChI is InChI=1S/C20H21N5OS2/c1-11-12(2)27-19-16(11)17(21)23-18(24-19)13(3)28-20-22-9-10-25(20)14-5-7-15(26-4)8-6-14/h5-10,13H,1-4H3,(H2,21,23,24). The van der Waals surface area contributed by atoms with Crippen molar-refractivity contribution >= 4 is 39.1 Å². The fraction of sp³-hybridized carbons (Fsp3) is 0.250. The minimum atomic E-state index is 0.00816. The van der Waals surface area contributed by atoms with Gasteiger partial charge >= 0.3 is 0 Å². The van der Waals surface area contributed by atoms with Gasteiger partial charge in [-0.15, -0.1) is 11.3 Å². The number of aryl methyl sites for hydroxylation is 2. The summed E-state index contributed by atoms with van der Waals surface area (Å²) in [5.74, 6) is 2.10. The van der Waals surface area contributed by atoms with Crippen molar-refractivity contribution in [3.05, 3.63) is 52.9 Å². The van der Waals surface area contributed by atoms with Gasteiger partial charge in [0.15, 0.2) is 5.16 Å². The number of hydrogen-bond donors (Lipinski definition) is 1. The first kappa shape index (κ1) is 18.8. The van der Waals surface area contributed by atoms with Crippen molar-refractivity contribution in [3.63, 3.8) is 0 Å². The zero-order chi connectivity index (χ0) is 19.8. The lowest BCUT2D eigenvalue weighted by Crippen LogP contribution is -2.03. The van der Waals surface area contributed by atoms with Crippen molar-refractivity contribution in [2.75, 3.05) is 12.8 Å². The molecule has 0 amide bonds. The van der Waals surface area contributed by atoms with Crippen LogP contribution < -0.4 is 10.5 Å². The SMILES string of the molecule is COc1ccc(-n2ccnc2SC(C)c2nc(N)c3c(C)c(C)sc3n2)cc1. The van der Waals surface area contributed by atoms with Crippen LogP contribution in [0.15, 0.2) is 41.8 Å². The number of fused-ring (bicyclic) bond motifs is 1. The predicted octanol–water partition coefficient (Wildman–Crippen LogP) is 4.94. The van der Waals surface area contributed by atoms with E-state index in [1.165, 1.54) is 10.4 Å². The zero-order valence-electron chi connectivity index (χ0n) is 16.1. The highest BCUT2D eigenvalue weighted by Crippen LogP contribution is 2.37. The number of methoxy groups -OCH3 is 1. The molecule has 3 heterocycles. The molecule has 0 bridgehead atoms. The molecule has 0 aliphatic carbocycles. The van der Waals surface area contributed by atoms with Gasteiger partial charge in [-0.25, -0.2) is 15.0 Å². The Labute approximate surface area is 171 Å². The van der Waals surface area contributed by atoms with E-state index in [2.05, 4.69) is 30.7 Å². The molecule has 144 valence electrons. The molecule has 0 fully saturated rings. The third kappa shape index (κ3) is 3.33. The third-order valence-corrected chi connectivity index (χ3v) is 6.86. The summed E-state index contributed by atoms with van der Waals surface area (Å²) in [6, 6.07) is 7.89. The van der Waals surface area contributed by atoms with Gasteiger partial charge in [0.1, 0.15) is 22.2 Å². The normalized spacial score (nSPS) is 12.4. The van der Waals surface area contributed by atoms with E-state index in [9.17, 15) is 0 Å². The number of nitrogens with zero attached hydrogens (tertiary/aromatic N) is 4. The quantitative estimate of drug-likeness (QED) is 0.469. The van der Waals surface area contributed by atoms with Crippen LogP contribution in [0.3, 0.4) is 0 Å². The summed E-state index contributed by atoms with van der Waals surface area (Å²) < 4.78 is 7.28. The lowest BCUT2D eigenvalue weighted by atomic mass is 10.2. The summed E-state index contributed by atoms with van der Waals surface area (Å²) in [7, 11) is 1.66. The van der Waals surface area contributed by atoms with Gasteiger partial charge in [-0.05, 0) is 50.6 Å². The first-order chi connectivity index (χ1) is 13.5. The maximum Gasteiger partial charge on any atom is 0.173 e. The number of anilines is 1. The number of aromatic nitrogens is 4. The molecule has 28 heavy (non-hydrogen) atoms. The maximum atomic E-state index is 6.24. The molecule has 4 aromatic rings. The Kier molecular flexibility index (Phi) is 4.99. The monoisotopic (exact) mass is 411 g/mol. The van der Waals surface area contributed by atoms with Crippen molar-refractivity contribution < 1.29 is 4.74 Å². The van der Waals surface area contributed by atoms with Crippen molar-refractivity contribution in [3.8, 4) is 11.4 Å². The Morgan fingerprint density at radius 3 is 2.64 bits per heavy atom. The number of imidazole rings is 1. The van der Waals surface area contributed by atoms with Gasteiger partial charge in [0.25, 0.3) is 0 Å². The Balaban J connectivity index is 1.63. The second-order valence-electron chi connectivity index (χ2n) is 6.47. The number of ether oxygens (including phenoxy) is 1. The van der Waals surface area contributed by atoms with Crippen LogP contribution in [-0.4, -0.2) is 26.6 Å². The van der Waals surface area contributed by atoms with Crippen LogP contribution >= 0.6 is 23.1 Å². The van der Waals surface area contributed by atoms with Crippen molar-refractivity contribution in [2.45, 2.75) is 31.2 Å². The van der Waals surface area contributed by atoms with Gasteiger partial charge in [0, 0.05) is 23.0 Å². The third-order valence-electron chi connectivity index (χ3n) is 4.68. The lowest BCUT2D eigenvalue weighted by molar-refractivity contribution is 0.414. The average Bonchev–Trinajstić information content (AvgIpc) is 3.26. The molecule has 0 saturated carbocycles. The molecule has 0 radical (unpaired) electrons. The molecule has 1 unspecified atom stereocenters. The molecule has 4 rings (SSSR count). The number of rotatable bonds is 5. The number of thioether (sulfide) groups is 1. The van der Waals surface area contributed by atoms with E-state index in [-0.39, 0.29) is 5.25 Å². The minimum absolute atomic E-state index is 0.00816. The first-order valence-corrected chi connectivity index (χ1v) is 10.5. The summed E-state index contributed by atoms with van der Waals surface area (Å²) >= 11 is 3.27. The molecule has 3 aromatic heterocycles.